The van der Waals surface area contributed by atoms with E-state index in [4.69, 9.17) is 21.1 Å². The van der Waals surface area contributed by atoms with Gasteiger partial charge in [-0.1, -0.05) is 30.3 Å². The fourth-order valence-electron chi connectivity index (χ4n) is 1.34. The van der Waals surface area contributed by atoms with E-state index in [9.17, 15) is 9.59 Å². The molecule has 1 unspecified atom stereocenters. The Kier molecular flexibility index (Phi) is 6.53. The molecule has 0 aromatic heterocycles. The lowest BCUT2D eigenvalue weighted by molar-refractivity contribution is -0.149. The zero-order chi connectivity index (χ0) is 14.3. The summed E-state index contributed by atoms with van der Waals surface area (Å²) in [5, 5.41) is -1.31. The summed E-state index contributed by atoms with van der Waals surface area (Å²) in [5.41, 5.74) is 0.950. The Bertz CT molecular complexity index is 417. The minimum Gasteiger partial charge on any atom is -0.462 e. The second-order valence-electron chi connectivity index (χ2n) is 4.29. The molecule has 1 aromatic carbocycles. The first-order chi connectivity index (χ1) is 9.00. The number of benzene rings is 1. The SMILES string of the molecule is CC(C)OC(=O)C(Cl)C(=O)COCc1ccccc1. The second-order valence-corrected chi connectivity index (χ2v) is 4.73. The molecule has 0 aliphatic carbocycles. The molecule has 0 saturated carbocycles. The van der Waals surface area contributed by atoms with Crippen LogP contribution < -0.4 is 0 Å². The third-order valence-electron chi connectivity index (χ3n) is 2.20. The summed E-state index contributed by atoms with van der Waals surface area (Å²) in [5.74, 6) is -1.23. The number of halogens is 1. The third kappa shape index (κ3) is 5.85. The molecular weight excluding hydrogens is 268 g/mol. The quantitative estimate of drug-likeness (QED) is 0.438. The molecule has 0 aliphatic rings. The maximum absolute atomic E-state index is 11.6. The van der Waals surface area contributed by atoms with Gasteiger partial charge in [0.1, 0.15) is 6.61 Å². The fraction of sp³-hybridized carbons (Fsp3) is 0.429. The van der Waals surface area contributed by atoms with Gasteiger partial charge in [-0.3, -0.25) is 4.79 Å². The van der Waals surface area contributed by atoms with Gasteiger partial charge >= 0.3 is 5.97 Å². The molecule has 0 bridgehead atoms. The van der Waals surface area contributed by atoms with E-state index in [1.165, 1.54) is 0 Å². The van der Waals surface area contributed by atoms with Gasteiger partial charge in [0, 0.05) is 0 Å². The Morgan fingerprint density at radius 3 is 2.42 bits per heavy atom. The first-order valence-electron chi connectivity index (χ1n) is 5.99. The summed E-state index contributed by atoms with van der Waals surface area (Å²) in [6.07, 6.45) is -0.299. The highest BCUT2D eigenvalue weighted by atomic mass is 35.5. The van der Waals surface area contributed by atoms with Crippen LogP contribution in [0.5, 0.6) is 0 Å². The average molecular weight is 285 g/mol. The first kappa shape index (κ1) is 15.7. The van der Waals surface area contributed by atoms with Gasteiger partial charge in [0.05, 0.1) is 12.7 Å². The molecule has 4 nitrogen and oxygen atoms in total. The van der Waals surface area contributed by atoms with Gasteiger partial charge < -0.3 is 9.47 Å². The average Bonchev–Trinajstić information content (AvgIpc) is 2.38. The molecular formula is C14H17ClO4. The van der Waals surface area contributed by atoms with E-state index >= 15 is 0 Å². The monoisotopic (exact) mass is 284 g/mol. The third-order valence-corrected chi connectivity index (χ3v) is 2.62. The Hall–Kier alpha value is -1.39. The second kappa shape index (κ2) is 7.92. The van der Waals surface area contributed by atoms with Crippen LogP contribution in [0.1, 0.15) is 19.4 Å². The summed E-state index contributed by atoms with van der Waals surface area (Å²) < 4.78 is 10.1. The minimum atomic E-state index is -1.31. The number of carbonyl (C=O) groups excluding carboxylic acids is 2. The highest BCUT2D eigenvalue weighted by Crippen LogP contribution is 2.06. The molecule has 0 N–H and O–H groups in total. The molecule has 0 fully saturated rings. The Balaban J connectivity index is 2.33. The largest absolute Gasteiger partial charge is 0.462 e. The van der Waals surface area contributed by atoms with Crippen molar-refractivity contribution in [2.75, 3.05) is 6.61 Å². The maximum Gasteiger partial charge on any atom is 0.332 e. The first-order valence-corrected chi connectivity index (χ1v) is 6.43. The summed E-state index contributed by atoms with van der Waals surface area (Å²) in [6, 6.07) is 9.42. The van der Waals surface area contributed by atoms with Crippen LogP contribution in [0.3, 0.4) is 0 Å². The highest BCUT2D eigenvalue weighted by Gasteiger charge is 2.26. The molecule has 0 spiro atoms. The van der Waals surface area contributed by atoms with Gasteiger partial charge in [-0.05, 0) is 19.4 Å². The van der Waals surface area contributed by atoms with Crippen molar-refractivity contribution in [2.24, 2.45) is 0 Å². The predicted molar refractivity (Wildman–Crippen MR) is 72.0 cm³/mol. The predicted octanol–water partition coefficient (Wildman–Crippen LogP) is 2.33. The zero-order valence-corrected chi connectivity index (χ0v) is 11.7. The van der Waals surface area contributed by atoms with Crippen molar-refractivity contribution in [3.05, 3.63) is 35.9 Å². The van der Waals surface area contributed by atoms with E-state index in [1.807, 2.05) is 30.3 Å². The van der Waals surface area contributed by atoms with Gasteiger partial charge in [-0.25, -0.2) is 4.79 Å². The Morgan fingerprint density at radius 2 is 1.84 bits per heavy atom. The number of ether oxygens (including phenoxy) is 2. The molecule has 0 amide bonds. The van der Waals surface area contributed by atoms with Crippen LogP contribution in [-0.4, -0.2) is 29.8 Å². The van der Waals surface area contributed by atoms with E-state index in [2.05, 4.69) is 0 Å². The highest BCUT2D eigenvalue weighted by molar-refractivity contribution is 6.41. The van der Waals surface area contributed by atoms with Gasteiger partial charge in [0.15, 0.2) is 11.2 Å². The maximum atomic E-state index is 11.6. The van der Waals surface area contributed by atoms with Gasteiger partial charge in [0.2, 0.25) is 0 Å². The molecule has 19 heavy (non-hydrogen) atoms. The Morgan fingerprint density at radius 1 is 1.21 bits per heavy atom. The van der Waals surface area contributed by atoms with Gasteiger partial charge in [-0.15, -0.1) is 11.6 Å². The van der Waals surface area contributed by atoms with Crippen molar-refractivity contribution < 1.29 is 19.1 Å². The molecule has 0 saturated heterocycles. The van der Waals surface area contributed by atoms with Crippen molar-refractivity contribution >= 4 is 23.4 Å². The van der Waals surface area contributed by atoms with Crippen molar-refractivity contribution in [1.29, 1.82) is 0 Å². The summed E-state index contributed by atoms with van der Waals surface area (Å²) in [7, 11) is 0. The van der Waals surface area contributed by atoms with E-state index in [-0.39, 0.29) is 12.7 Å². The molecule has 1 aromatic rings. The van der Waals surface area contributed by atoms with E-state index in [1.54, 1.807) is 13.8 Å². The Labute approximate surface area is 117 Å². The number of hydrogen-bond acceptors (Lipinski definition) is 4. The van der Waals surface area contributed by atoms with Crippen LogP contribution in [-0.2, 0) is 25.7 Å². The summed E-state index contributed by atoms with van der Waals surface area (Å²) >= 11 is 5.70. The lowest BCUT2D eigenvalue weighted by Crippen LogP contribution is -2.31. The number of carbonyl (C=O) groups is 2. The van der Waals surface area contributed by atoms with Crippen molar-refractivity contribution in [2.45, 2.75) is 31.9 Å². The van der Waals surface area contributed by atoms with Crippen LogP contribution in [0.25, 0.3) is 0 Å². The number of esters is 1. The van der Waals surface area contributed by atoms with E-state index < -0.39 is 17.1 Å². The summed E-state index contributed by atoms with van der Waals surface area (Å²) in [6.45, 7) is 3.47. The van der Waals surface area contributed by atoms with E-state index in [0.29, 0.717) is 6.61 Å². The summed E-state index contributed by atoms with van der Waals surface area (Å²) in [4.78, 5) is 23.0. The van der Waals surface area contributed by atoms with Crippen LogP contribution in [0, 0.1) is 0 Å². The molecule has 1 rings (SSSR count). The number of ketones is 1. The lowest BCUT2D eigenvalue weighted by Gasteiger charge is -2.11. The molecule has 1 atom stereocenters. The standard InChI is InChI=1S/C14H17ClO4/c1-10(2)19-14(17)13(15)12(16)9-18-8-11-6-4-3-5-7-11/h3-7,10,13H,8-9H2,1-2H3. The number of hydrogen-bond donors (Lipinski definition) is 0. The normalized spacial score (nSPS) is 12.2. The number of alkyl halides is 1. The zero-order valence-electron chi connectivity index (χ0n) is 11.0. The molecule has 5 heteroatoms. The molecule has 0 heterocycles. The van der Waals surface area contributed by atoms with Gasteiger partial charge in [-0.2, -0.15) is 0 Å². The molecule has 104 valence electrons. The van der Waals surface area contributed by atoms with E-state index in [0.717, 1.165) is 5.56 Å². The molecule has 0 aliphatic heterocycles. The molecule has 0 radical (unpaired) electrons. The minimum absolute atomic E-state index is 0.212. The van der Waals surface area contributed by atoms with Crippen molar-refractivity contribution in [3.63, 3.8) is 0 Å². The smallest absolute Gasteiger partial charge is 0.332 e. The van der Waals surface area contributed by atoms with Crippen LogP contribution in [0.15, 0.2) is 30.3 Å². The van der Waals surface area contributed by atoms with Gasteiger partial charge in [0.25, 0.3) is 0 Å². The van der Waals surface area contributed by atoms with Crippen molar-refractivity contribution in [1.82, 2.24) is 0 Å². The topological polar surface area (TPSA) is 52.6 Å². The lowest BCUT2D eigenvalue weighted by atomic mass is 10.2. The van der Waals surface area contributed by atoms with Crippen LogP contribution in [0.4, 0.5) is 0 Å². The number of Topliss-reactive ketones (excluding diaryl/α,β-unsaturated/α-hetero) is 1. The van der Waals surface area contributed by atoms with Crippen molar-refractivity contribution in [3.8, 4) is 0 Å². The number of rotatable bonds is 7. The fourth-order valence-corrected chi connectivity index (χ4v) is 1.45. The van der Waals surface area contributed by atoms with Crippen LogP contribution >= 0.6 is 11.6 Å². The van der Waals surface area contributed by atoms with Crippen LogP contribution in [0.2, 0.25) is 0 Å².